The van der Waals surface area contributed by atoms with Gasteiger partial charge in [-0.3, -0.25) is 9.80 Å². The molecule has 0 atom stereocenters. The highest BCUT2D eigenvalue weighted by Crippen LogP contribution is 2.23. The number of halogens is 2. The number of hydrogen-bond donors (Lipinski definition) is 0. The molecule has 0 unspecified atom stereocenters. The number of hydrogen-bond acceptors (Lipinski definition) is 5. The first kappa shape index (κ1) is 21.8. The maximum Gasteiger partial charge on any atom is 0.151 e. The van der Waals surface area contributed by atoms with Gasteiger partial charge in [0.2, 0.25) is 0 Å². The van der Waals surface area contributed by atoms with Gasteiger partial charge in [-0.15, -0.1) is 0 Å². The Hall–Kier alpha value is -2.41. The lowest BCUT2D eigenvalue weighted by atomic mass is 10.1. The fourth-order valence-electron chi connectivity index (χ4n) is 4.00. The van der Waals surface area contributed by atoms with Crippen LogP contribution in [0, 0.1) is 5.82 Å². The van der Waals surface area contributed by atoms with Crippen molar-refractivity contribution >= 4 is 17.3 Å². The maximum atomic E-state index is 13.9. The molecule has 1 aromatic heterocycles. The van der Waals surface area contributed by atoms with Gasteiger partial charge in [0.15, 0.2) is 5.76 Å². The minimum atomic E-state index is -0.286. The van der Waals surface area contributed by atoms with Crippen molar-refractivity contribution in [3.05, 3.63) is 71.2 Å². The van der Waals surface area contributed by atoms with Gasteiger partial charge in [0, 0.05) is 48.5 Å². The highest BCUT2D eigenvalue weighted by molar-refractivity contribution is 6.30. The van der Waals surface area contributed by atoms with E-state index in [9.17, 15) is 4.39 Å². The maximum absolute atomic E-state index is 13.9. The summed E-state index contributed by atoms with van der Waals surface area (Å²) >= 11 is 6.12. The van der Waals surface area contributed by atoms with E-state index in [1.54, 1.807) is 18.2 Å². The smallest absolute Gasteiger partial charge is 0.151 e. The van der Waals surface area contributed by atoms with E-state index in [1.807, 2.05) is 24.3 Å². The van der Waals surface area contributed by atoms with E-state index in [4.69, 9.17) is 16.1 Å². The summed E-state index contributed by atoms with van der Waals surface area (Å²) in [6, 6.07) is 16.5. The molecule has 0 spiro atoms. The zero-order chi connectivity index (χ0) is 21.6. The minimum Gasteiger partial charge on any atom is -0.369 e. The lowest BCUT2D eigenvalue weighted by Gasteiger charge is -2.36. The molecule has 2 aromatic carbocycles. The minimum absolute atomic E-state index is 0.286. The summed E-state index contributed by atoms with van der Waals surface area (Å²) in [5, 5.41) is 4.82. The van der Waals surface area contributed by atoms with Crippen LogP contribution < -0.4 is 4.90 Å². The van der Waals surface area contributed by atoms with Crippen LogP contribution in [0.15, 0.2) is 59.1 Å². The summed E-state index contributed by atoms with van der Waals surface area (Å²) in [7, 11) is 2.07. The topological polar surface area (TPSA) is 35.8 Å². The van der Waals surface area contributed by atoms with E-state index in [1.165, 1.54) is 11.8 Å². The molecular weight excluding hydrogens is 415 g/mol. The molecule has 1 saturated heterocycles. The Morgan fingerprint density at radius 1 is 1.06 bits per heavy atom. The highest BCUT2D eigenvalue weighted by Gasteiger charge is 2.17. The van der Waals surface area contributed by atoms with E-state index in [0.29, 0.717) is 17.8 Å². The number of nitrogens with zero attached hydrogens (tertiary/aromatic N) is 4. The quantitative estimate of drug-likeness (QED) is 0.501. The van der Waals surface area contributed by atoms with Gasteiger partial charge in [-0.05, 0) is 56.9 Å². The average Bonchev–Trinajstić information content (AvgIpc) is 3.22. The van der Waals surface area contributed by atoms with Gasteiger partial charge in [-0.2, -0.15) is 0 Å². The Kier molecular flexibility index (Phi) is 7.22. The van der Waals surface area contributed by atoms with E-state index in [2.05, 4.69) is 33.0 Å². The Bertz CT molecular complexity index is 987. The first-order valence-corrected chi connectivity index (χ1v) is 11.1. The lowest BCUT2D eigenvalue weighted by Crippen LogP contribution is -2.47. The number of piperazine rings is 1. The predicted molar refractivity (Wildman–Crippen MR) is 123 cm³/mol. The molecule has 31 heavy (non-hydrogen) atoms. The molecule has 0 bridgehead atoms. The van der Waals surface area contributed by atoms with E-state index >= 15 is 0 Å². The number of anilines is 1. The first-order chi connectivity index (χ1) is 15.1. The van der Waals surface area contributed by atoms with Crippen molar-refractivity contribution < 1.29 is 8.91 Å². The molecule has 164 valence electrons. The summed E-state index contributed by atoms with van der Waals surface area (Å²) in [6.45, 7) is 6.85. The largest absolute Gasteiger partial charge is 0.369 e. The monoisotopic (exact) mass is 442 g/mol. The molecule has 0 N–H and O–H groups in total. The Balaban J connectivity index is 1.18. The molecule has 3 aromatic rings. The fourth-order valence-corrected chi connectivity index (χ4v) is 4.18. The van der Waals surface area contributed by atoms with Crippen molar-refractivity contribution in [2.24, 2.45) is 0 Å². The third kappa shape index (κ3) is 5.85. The molecule has 5 nitrogen and oxygen atoms in total. The van der Waals surface area contributed by atoms with Gasteiger partial charge in [0.1, 0.15) is 11.5 Å². The third-order valence-corrected chi connectivity index (χ3v) is 5.93. The van der Waals surface area contributed by atoms with Gasteiger partial charge in [0.05, 0.1) is 6.54 Å². The molecule has 1 aliphatic heterocycles. The third-order valence-electron chi connectivity index (χ3n) is 5.69. The van der Waals surface area contributed by atoms with Crippen LogP contribution in [0.3, 0.4) is 0 Å². The predicted octanol–water partition coefficient (Wildman–Crippen LogP) is 4.78. The van der Waals surface area contributed by atoms with E-state index in [0.717, 1.165) is 56.5 Å². The first-order valence-electron chi connectivity index (χ1n) is 10.7. The summed E-state index contributed by atoms with van der Waals surface area (Å²) < 4.78 is 19.3. The molecule has 0 radical (unpaired) electrons. The van der Waals surface area contributed by atoms with Gasteiger partial charge < -0.3 is 9.42 Å². The second kappa shape index (κ2) is 10.3. The Morgan fingerprint density at radius 3 is 2.65 bits per heavy atom. The number of rotatable bonds is 8. The van der Waals surface area contributed by atoms with Gasteiger partial charge in [-0.1, -0.05) is 35.0 Å². The second-order valence-electron chi connectivity index (χ2n) is 8.06. The van der Waals surface area contributed by atoms with E-state index in [-0.39, 0.29) is 5.82 Å². The van der Waals surface area contributed by atoms with Crippen LogP contribution >= 0.6 is 11.6 Å². The fraction of sp³-hybridized carbons (Fsp3) is 0.375. The van der Waals surface area contributed by atoms with E-state index < -0.39 is 0 Å². The van der Waals surface area contributed by atoms with Crippen LogP contribution in [-0.2, 0) is 6.54 Å². The van der Waals surface area contributed by atoms with Crippen molar-refractivity contribution in [1.82, 2.24) is 15.0 Å². The summed E-state index contributed by atoms with van der Waals surface area (Å²) in [5.41, 5.74) is 2.21. The van der Waals surface area contributed by atoms with Crippen LogP contribution in [0.5, 0.6) is 0 Å². The van der Waals surface area contributed by atoms with Crippen molar-refractivity contribution in [3.63, 3.8) is 0 Å². The Morgan fingerprint density at radius 2 is 1.87 bits per heavy atom. The molecule has 0 aliphatic carbocycles. The molecule has 0 amide bonds. The van der Waals surface area contributed by atoms with Crippen LogP contribution in [-0.4, -0.2) is 61.3 Å². The summed E-state index contributed by atoms with van der Waals surface area (Å²) in [4.78, 5) is 7.12. The van der Waals surface area contributed by atoms with Crippen molar-refractivity contribution in [2.75, 3.05) is 51.2 Å². The van der Waals surface area contributed by atoms with Gasteiger partial charge in [0.25, 0.3) is 0 Å². The number of benzene rings is 2. The zero-order valence-electron chi connectivity index (χ0n) is 17.8. The van der Waals surface area contributed by atoms with Crippen LogP contribution in [0.2, 0.25) is 5.02 Å². The molecule has 4 rings (SSSR count). The highest BCUT2D eigenvalue weighted by atomic mass is 35.5. The molecule has 1 aliphatic rings. The molecule has 7 heteroatoms. The molecule has 1 fully saturated rings. The summed E-state index contributed by atoms with van der Waals surface area (Å²) in [6.07, 6.45) is 1.09. The normalized spacial score (nSPS) is 15.0. The second-order valence-corrected chi connectivity index (χ2v) is 8.49. The van der Waals surface area contributed by atoms with Gasteiger partial charge in [-0.25, -0.2) is 4.39 Å². The summed E-state index contributed by atoms with van der Waals surface area (Å²) in [5.74, 6) is 0.460. The molecule has 0 saturated carbocycles. The van der Waals surface area contributed by atoms with Crippen molar-refractivity contribution in [1.29, 1.82) is 0 Å². The lowest BCUT2D eigenvalue weighted by molar-refractivity contribution is 0.223. The molecular formula is C24H28ClFN4O. The van der Waals surface area contributed by atoms with Crippen LogP contribution in [0.25, 0.3) is 11.3 Å². The average molecular weight is 443 g/mol. The van der Waals surface area contributed by atoms with Crippen molar-refractivity contribution in [2.45, 2.75) is 13.0 Å². The SMILES string of the molecule is CN(CCCN1CCN(c2cccc(Cl)c2)CC1)Cc1cc(-c2ccccc2F)no1. The molecule has 2 heterocycles. The van der Waals surface area contributed by atoms with Gasteiger partial charge >= 0.3 is 0 Å². The Labute approximate surface area is 188 Å². The number of aromatic nitrogens is 1. The standard InChI is InChI=1S/C24H28ClFN4O/c1-28(18-21-17-24(27-31-21)22-8-2-3-9-23(22)26)10-5-11-29-12-14-30(15-13-29)20-7-4-6-19(25)16-20/h2-4,6-9,16-17H,5,10-15,18H2,1H3. The van der Waals surface area contributed by atoms with Crippen LogP contribution in [0.1, 0.15) is 12.2 Å². The zero-order valence-corrected chi connectivity index (χ0v) is 18.6. The van der Waals surface area contributed by atoms with Crippen LogP contribution in [0.4, 0.5) is 10.1 Å². The van der Waals surface area contributed by atoms with Crippen molar-refractivity contribution in [3.8, 4) is 11.3 Å².